The molecule has 6 aromatic rings. The van der Waals surface area contributed by atoms with Crippen LogP contribution in [0, 0.1) is 20.2 Å². The molecule has 0 radical (unpaired) electrons. The number of nitro benzene ring substituents is 2. The molecule has 18 nitrogen and oxygen atoms in total. The number of carbonyl (C=O) groups excluding carboxylic acids is 8. The number of amides is 5. The van der Waals surface area contributed by atoms with Gasteiger partial charge in [-0.15, -0.1) is 0 Å². The van der Waals surface area contributed by atoms with Crippen LogP contribution in [0.15, 0.2) is 109 Å². The summed E-state index contributed by atoms with van der Waals surface area (Å²) in [5, 5.41) is 24.8. The molecule has 1 heterocycles. The van der Waals surface area contributed by atoms with E-state index in [0.29, 0.717) is 28.2 Å². The highest BCUT2D eigenvalue weighted by atomic mass is 16.6. The van der Waals surface area contributed by atoms with E-state index in [1.54, 1.807) is 24.3 Å². The number of fused-ring (bicyclic) bond motifs is 1. The summed E-state index contributed by atoms with van der Waals surface area (Å²) in [4.78, 5) is 134. The topological polar surface area (TPSA) is 236 Å². The highest BCUT2D eigenvalue weighted by molar-refractivity contribution is 6.26. The van der Waals surface area contributed by atoms with Crippen LogP contribution in [-0.2, 0) is 0 Å². The van der Waals surface area contributed by atoms with Gasteiger partial charge in [0, 0.05) is 115 Å². The van der Waals surface area contributed by atoms with Gasteiger partial charge in [0.25, 0.3) is 40.9 Å². The number of likely N-dealkylation sites (N-methyl/N-ethyl adjacent to an activating group) is 1. The summed E-state index contributed by atoms with van der Waals surface area (Å²) in [6.07, 6.45) is 0.661. The summed E-state index contributed by atoms with van der Waals surface area (Å²) in [6.45, 7) is 1.99. The van der Waals surface area contributed by atoms with Crippen LogP contribution in [-0.4, -0.2) is 123 Å². The summed E-state index contributed by atoms with van der Waals surface area (Å²) in [5.41, 5.74) is 0.580. The molecule has 0 atom stereocenters. The fraction of sp³-hybridized carbons (Fsp3) is 0.200. The molecule has 0 saturated heterocycles. The molecule has 7 rings (SSSR count). The van der Waals surface area contributed by atoms with Crippen molar-refractivity contribution < 1.29 is 48.2 Å². The molecule has 0 fully saturated rings. The molecule has 68 heavy (non-hydrogen) atoms. The van der Waals surface area contributed by atoms with E-state index in [0.717, 1.165) is 17.0 Å². The Bertz CT molecular complexity index is 3110. The molecular weight excluding hydrogens is 877 g/mol. The van der Waals surface area contributed by atoms with Gasteiger partial charge in [-0.3, -0.25) is 63.5 Å². The molecule has 0 bridgehead atoms. The lowest BCUT2D eigenvalue weighted by Crippen LogP contribution is -2.46. The predicted molar refractivity (Wildman–Crippen MR) is 248 cm³/mol. The van der Waals surface area contributed by atoms with Crippen molar-refractivity contribution in [3.63, 3.8) is 0 Å². The van der Waals surface area contributed by atoms with Crippen molar-refractivity contribution in [3.05, 3.63) is 174 Å². The SMILES string of the molecule is CC(=O)c1ccc(C(=O)N(CCCN(CCN2C(=O)c3cccc4cc([N+](=O)[O-])cc(c34)C2=O)C(=O)c2ccc(C(C)=O)cc2)CCN(C)C(=O)c2cc([N+](=O)[O-])cc3cccc(C=O)c23)cc1. The first-order valence-electron chi connectivity index (χ1n) is 21.3. The first kappa shape index (κ1) is 47.2. The van der Waals surface area contributed by atoms with Crippen molar-refractivity contribution in [2.45, 2.75) is 20.3 Å². The van der Waals surface area contributed by atoms with E-state index in [-0.39, 0.29) is 113 Å². The molecule has 0 saturated carbocycles. The van der Waals surface area contributed by atoms with E-state index in [1.807, 2.05) is 0 Å². The number of hydrogen-bond donors (Lipinski definition) is 0. The minimum Gasteiger partial charge on any atom is -0.340 e. The maximum Gasteiger partial charge on any atom is 0.270 e. The Morgan fingerprint density at radius 3 is 1.59 bits per heavy atom. The average Bonchev–Trinajstić information content (AvgIpc) is 3.34. The normalized spacial score (nSPS) is 11.9. The third-order valence-electron chi connectivity index (χ3n) is 11.8. The van der Waals surface area contributed by atoms with Crippen molar-refractivity contribution in [1.82, 2.24) is 19.6 Å². The maximum absolute atomic E-state index is 14.2. The minimum atomic E-state index is -0.785. The monoisotopic (exact) mass is 918 g/mol. The van der Waals surface area contributed by atoms with Gasteiger partial charge in [-0.1, -0.05) is 54.6 Å². The van der Waals surface area contributed by atoms with Crippen molar-refractivity contribution >= 4 is 80.3 Å². The zero-order valence-corrected chi connectivity index (χ0v) is 37.0. The van der Waals surface area contributed by atoms with Crippen molar-refractivity contribution in [2.24, 2.45) is 0 Å². The summed E-state index contributed by atoms with van der Waals surface area (Å²) in [5.74, 6) is -3.57. The number of ketones is 2. The molecule has 0 spiro atoms. The maximum atomic E-state index is 14.2. The van der Waals surface area contributed by atoms with Crippen molar-refractivity contribution in [1.29, 1.82) is 0 Å². The Balaban J connectivity index is 1.15. The van der Waals surface area contributed by atoms with E-state index in [2.05, 4.69) is 0 Å². The molecule has 0 N–H and O–H groups in total. The molecular formula is C50H42N6O12. The molecule has 1 aliphatic heterocycles. The van der Waals surface area contributed by atoms with E-state index < -0.39 is 39.4 Å². The van der Waals surface area contributed by atoms with Crippen LogP contribution in [0.2, 0.25) is 0 Å². The van der Waals surface area contributed by atoms with Crippen LogP contribution in [0.25, 0.3) is 21.5 Å². The van der Waals surface area contributed by atoms with E-state index >= 15 is 0 Å². The Morgan fingerprint density at radius 1 is 0.574 bits per heavy atom. The van der Waals surface area contributed by atoms with Gasteiger partial charge in [-0.05, 0) is 61.4 Å². The quantitative estimate of drug-likeness (QED) is 0.0277. The van der Waals surface area contributed by atoms with Gasteiger partial charge in [0.15, 0.2) is 17.9 Å². The molecule has 5 amide bonds. The Labute approximate surface area is 387 Å². The Hall–Kier alpha value is -8.80. The summed E-state index contributed by atoms with van der Waals surface area (Å²) < 4.78 is 0. The lowest BCUT2D eigenvalue weighted by Gasteiger charge is -2.31. The third kappa shape index (κ3) is 9.60. The van der Waals surface area contributed by atoms with Gasteiger partial charge < -0.3 is 14.7 Å². The van der Waals surface area contributed by atoms with Gasteiger partial charge in [0.1, 0.15) is 0 Å². The summed E-state index contributed by atoms with van der Waals surface area (Å²) in [6, 6.07) is 25.8. The second-order valence-corrected chi connectivity index (χ2v) is 16.2. The molecule has 0 aliphatic carbocycles. The number of hydrogen-bond acceptors (Lipinski definition) is 12. The van der Waals surface area contributed by atoms with E-state index in [1.165, 1.54) is 108 Å². The highest BCUT2D eigenvalue weighted by Gasteiger charge is 2.35. The van der Waals surface area contributed by atoms with Gasteiger partial charge in [0.2, 0.25) is 0 Å². The number of imide groups is 1. The van der Waals surface area contributed by atoms with E-state index in [4.69, 9.17) is 0 Å². The third-order valence-corrected chi connectivity index (χ3v) is 11.8. The van der Waals surface area contributed by atoms with Crippen LogP contribution in [0.1, 0.15) is 103 Å². The summed E-state index contributed by atoms with van der Waals surface area (Å²) in [7, 11) is 1.44. The second-order valence-electron chi connectivity index (χ2n) is 16.2. The van der Waals surface area contributed by atoms with Crippen molar-refractivity contribution in [3.8, 4) is 0 Å². The zero-order chi connectivity index (χ0) is 49.0. The molecule has 344 valence electrons. The van der Waals surface area contributed by atoms with Crippen LogP contribution >= 0.6 is 0 Å². The number of aldehydes is 1. The molecule has 0 unspecified atom stereocenters. The minimum absolute atomic E-state index is 0.0159. The summed E-state index contributed by atoms with van der Waals surface area (Å²) >= 11 is 0. The van der Waals surface area contributed by atoms with Gasteiger partial charge >= 0.3 is 0 Å². The molecule has 6 aromatic carbocycles. The Morgan fingerprint density at radius 2 is 1.06 bits per heavy atom. The van der Waals surface area contributed by atoms with Crippen LogP contribution < -0.4 is 0 Å². The predicted octanol–water partition coefficient (Wildman–Crippen LogP) is 7.07. The largest absolute Gasteiger partial charge is 0.340 e. The number of rotatable bonds is 18. The van der Waals surface area contributed by atoms with E-state index in [9.17, 15) is 58.6 Å². The number of Topliss-reactive ketones (excluding diaryl/α,β-unsaturated/α-hetero) is 2. The molecule has 0 aromatic heterocycles. The average molecular weight is 919 g/mol. The number of nitro groups is 2. The fourth-order valence-corrected chi connectivity index (χ4v) is 8.20. The lowest BCUT2D eigenvalue weighted by molar-refractivity contribution is -0.384. The van der Waals surface area contributed by atoms with Crippen molar-refractivity contribution in [2.75, 3.05) is 46.3 Å². The van der Waals surface area contributed by atoms with Gasteiger partial charge in [-0.2, -0.15) is 0 Å². The van der Waals surface area contributed by atoms with Crippen LogP contribution in [0.3, 0.4) is 0 Å². The Kier molecular flexibility index (Phi) is 13.7. The molecule has 1 aliphatic rings. The number of non-ortho nitro benzene ring substituents is 2. The first-order valence-corrected chi connectivity index (χ1v) is 21.3. The van der Waals surface area contributed by atoms with Crippen LogP contribution in [0.4, 0.5) is 11.4 Å². The number of carbonyl (C=O) groups is 8. The van der Waals surface area contributed by atoms with Crippen LogP contribution in [0.5, 0.6) is 0 Å². The molecule has 18 heteroatoms. The highest BCUT2D eigenvalue weighted by Crippen LogP contribution is 2.34. The second kappa shape index (κ2) is 19.7. The smallest absolute Gasteiger partial charge is 0.270 e. The fourth-order valence-electron chi connectivity index (χ4n) is 8.20. The lowest BCUT2D eigenvalue weighted by atomic mass is 9.93. The number of benzene rings is 6. The zero-order valence-electron chi connectivity index (χ0n) is 37.0. The van der Waals surface area contributed by atoms with Gasteiger partial charge in [0.05, 0.1) is 21.0 Å². The number of nitrogens with zero attached hydrogens (tertiary/aromatic N) is 6. The standard InChI is InChI=1S/C50H42N6O12/c1-30(58)32-11-15-34(16-12-32)46(60)52(22-21-51(3)48(62)42-27-39(55(65)66)25-36-7-4-9-38(29-57)44(36)42)19-6-20-53(47(61)35-17-13-33(14-18-35)31(2)59)23-24-54-49(63)41-10-5-8-37-26-40(56(67)68)28-43(45(37)41)50(54)64/h4-5,7-18,25-29H,6,19-24H2,1-3H3. The first-order chi connectivity index (χ1) is 32.5. The van der Waals surface area contributed by atoms with Gasteiger partial charge in [-0.25, -0.2) is 0 Å².